The first-order valence-electron chi connectivity index (χ1n) is 10.3. The van der Waals surface area contributed by atoms with Gasteiger partial charge < -0.3 is 9.80 Å². The molecule has 31 heavy (non-hydrogen) atoms. The highest BCUT2D eigenvalue weighted by Gasteiger charge is 2.24. The largest absolute Gasteiger partial charge is 0.344 e. The van der Waals surface area contributed by atoms with Crippen LogP contribution in [0.5, 0.6) is 0 Å². The SMILES string of the molecule is Cc1nn(-c2ccccc2)c2nc(N3CCN(C(=O)CSc4ccccc4)CC3)sc12. The quantitative estimate of drug-likeness (QED) is 0.427. The number of aromatic nitrogens is 3. The molecule has 0 radical (unpaired) electrons. The first kappa shape index (κ1) is 20.1. The van der Waals surface area contributed by atoms with Crippen LogP contribution in [-0.2, 0) is 4.79 Å². The highest BCUT2D eigenvalue weighted by atomic mass is 32.2. The third kappa shape index (κ3) is 4.18. The topological polar surface area (TPSA) is 54.3 Å². The lowest BCUT2D eigenvalue weighted by Crippen LogP contribution is -2.49. The van der Waals surface area contributed by atoms with E-state index in [0.29, 0.717) is 5.75 Å². The number of carbonyl (C=O) groups is 1. The predicted octanol–water partition coefficient (Wildman–Crippen LogP) is 4.23. The van der Waals surface area contributed by atoms with E-state index in [9.17, 15) is 4.79 Å². The van der Waals surface area contributed by atoms with Crippen LogP contribution in [0.1, 0.15) is 5.69 Å². The van der Waals surface area contributed by atoms with Crippen LogP contribution < -0.4 is 4.90 Å². The van der Waals surface area contributed by atoms with Crippen LogP contribution in [0.15, 0.2) is 65.6 Å². The number of fused-ring (bicyclic) bond motifs is 1. The maximum Gasteiger partial charge on any atom is 0.233 e. The lowest BCUT2D eigenvalue weighted by molar-refractivity contribution is -0.128. The van der Waals surface area contributed by atoms with Crippen molar-refractivity contribution >= 4 is 44.5 Å². The molecule has 158 valence electrons. The molecule has 1 aliphatic heterocycles. The van der Waals surface area contributed by atoms with Gasteiger partial charge in [-0.1, -0.05) is 47.7 Å². The lowest BCUT2D eigenvalue weighted by atomic mass is 10.3. The Hall–Kier alpha value is -2.84. The molecule has 1 amide bonds. The van der Waals surface area contributed by atoms with Crippen molar-refractivity contribution < 1.29 is 4.79 Å². The van der Waals surface area contributed by atoms with Gasteiger partial charge in [0.15, 0.2) is 10.8 Å². The average Bonchev–Trinajstić information content (AvgIpc) is 3.39. The zero-order valence-electron chi connectivity index (χ0n) is 17.3. The van der Waals surface area contributed by atoms with E-state index in [1.54, 1.807) is 23.1 Å². The molecule has 1 aliphatic rings. The van der Waals surface area contributed by atoms with Gasteiger partial charge in [0, 0.05) is 31.1 Å². The summed E-state index contributed by atoms with van der Waals surface area (Å²) < 4.78 is 3.04. The minimum Gasteiger partial charge on any atom is -0.344 e. The number of aryl methyl sites for hydroxylation is 1. The van der Waals surface area contributed by atoms with E-state index >= 15 is 0 Å². The number of nitrogens with zero attached hydrogens (tertiary/aromatic N) is 5. The summed E-state index contributed by atoms with van der Waals surface area (Å²) in [5.41, 5.74) is 2.92. The summed E-state index contributed by atoms with van der Waals surface area (Å²) in [7, 11) is 0. The van der Waals surface area contributed by atoms with Gasteiger partial charge in [-0.15, -0.1) is 11.8 Å². The Morgan fingerprint density at radius 2 is 1.68 bits per heavy atom. The lowest BCUT2D eigenvalue weighted by Gasteiger charge is -2.34. The third-order valence-electron chi connectivity index (χ3n) is 5.39. The molecule has 0 aliphatic carbocycles. The number of amides is 1. The van der Waals surface area contributed by atoms with Crippen molar-refractivity contribution in [3.8, 4) is 5.69 Å². The molecule has 0 bridgehead atoms. The Labute approximate surface area is 189 Å². The number of thioether (sulfide) groups is 1. The molecule has 0 spiro atoms. The Morgan fingerprint density at radius 1 is 1.00 bits per heavy atom. The molecule has 0 N–H and O–H groups in total. The van der Waals surface area contributed by atoms with E-state index in [0.717, 1.165) is 57.9 Å². The van der Waals surface area contributed by atoms with Crippen LogP contribution in [0, 0.1) is 6.92 Å². The minimum atomic E-state index is 0.202. The zero-order valence-corrected chi connectivity index (χ0v) is 18.9. The predicted molar refractivity (Wildman–Crippen MR) is 127 cm³/mol. The van der Waals surface area contributed by atoms with E-state index in [1.807, 2.05) is 77.2 Å². The molecule has 6 nitrogen and oxygen atoms in total. The van der Waals surface area contributed by atoms with E-state index in [4.69, 9.17) is 4.98 Å². The van der Waals surface area contributed by atoms with Crippen molar-refractivity contribution in [2.45, 2.75) is 11.8 Å². The fraction of sp³-hybridized carbons (Fsp3) is 0.261. The van der Waals surface area contributed by atoms with Gasteiger partial charge in [-0.2, -0.15) is 10.1 Å². The van der Waals surface area contributed by atoms with Gasteiger partial charge in [0.25, 0.3) is 0 Å². The summed E-state index contributed by atoms with van der Waals surface area (Å²) in [6.45, 7) is 5.10. The third-order valence-corrected chi connectivity index (χ3v) is 7.60. The van der Waals surface area contributed by atoms with Crippen LogP contribution >= 0.6 is 23.1 Å². The number of carbonyl (C=O) groups excluding carboxylic acids is 1. The summed E-state index contributed by atoms with van der Waals surface area (Å²) in [6.07, 6.45) is 0. The Balaban J connectivity index is 1.25. The van der Waals surface area contributed by atoms with Crippen molar-refractivity contribution in [2.75, 3.05) is 36.8 Å². The number of thiazole rings is 1. The normalized spacial score (nSPS) is 14.4. The molecule has 0 saturated carbocycles. The second kappa shape index (κ2) is 8.72. The standard InChI is InChI=1S/C23H23N5OS2/c1-17-21-22(28(25-17)18-8-4-2-5-9-18)24-23(31-21)27-14-12-26(13-15-27)20(29)16-30-19-10-6-3-7-11-19/h2-11H,12-16H2,1H3. The number of benzene rings is 2. The van der Waals surface area contributed by atoms with Crippen LogP contribution in [0.3, 0.4) is 0 Å². The van der Waals surface area contributed by atoms with E-state index in [2.05, 4.69) is 10.00 Å². The van der Waals surface area contributed by atoms with Gasteiger partial charge in [0.1, 0.15) is 0 Å². The Bertz CT molecular complexity index is 1180. The second-order valence-corrected chi connectivity index (χ2v) is 9.48. The number of rotatable bonds is 5. The van der Waals surface area contributed by atoms with Crippen molar-refractivity contribution in [2.24, 2.45) is 0 Å². The van der Waals surface area contributed by atoms with Gasteiger partial charge >= 0.3 is 0 Å². The Morgan fingerprint density at radius 3 is 2.39 bits per heavy atom. The smallest absolute Gasteiger partial charge is 0.233 e. The number of piperazine rings is 1. The molecule has 4 aromatic rings. The average molecular weight is 450 g/mol. The molecular formula is C23H23N5OS2. The maximum absolute atomic E-state index is 12.6. The molecule has 1 saturated heterocycles. The summed E-state index contributed by atoms with van der Waals surface area (Å²) in [4.78, 5) is 22.9. The summed E-state index contributed by atoms with van der Waals surface area (Å²) in [6, 6.07) is 20.2. The van der Waals surface area contributed by atoms with Gasteiger partial charge in [-0.25, -0.2) is 4.68 Å². The number of para-hydroxylation sites is 1. The molecule has 1 fully saturated rings. The molecule has 8 heteroatoms. The van der Waals surface area contributed by atoms with Crippen molar-refractivity contribution in [3.63, 3.8) is 0 Å². The highest BCUT2D eigenvalue weighted by Crippen LogP contribution is 2.33. The summed E-state index contributed by atoms with van der Waals surface area (Å²) in [5.74, 6) is 0.686. The van der Waals surface area contributed by atoms with E-state index in [1.165, 1.54) is 0 Å². The molecule has 2 aromatic carbocycles. The number of anilines is 1. The van der Waals surface area contributed by atoms with Gasteiger partial charge in [-0.05, 0) is 31.2 Å². The maximum atomic E-state index is 12.6. The Kier molecular flexibility index (Phi) is 5.65. The summed E-state index contributed by atoms with van der Waals surface area (Å²) in [5, 5.41) is 5.68. The van der Waals surface area contributed by atoms with Gasteiger partial charge in [-0.3, -0.25) is 4.79 Å². The number of hydrogen-bond donors (Lipinski definition) is 0. The zero-order chi connectivity index (χ0) is 21.2. The van der Waals surface area contributed by atoms with Crippen LogP contribution in [0.25, 0.3) is 16.0 Å². The fourth-order valence-electron chi connectivity index (χ4n) is 3.71. The second-order valence-electron chi connectivity index (χ2n) is 7.45. The van der Waals surface area contributed by atoms with Crippen molar-refractivity contribution in [1.82, 2.24) is 19.7 Å². The van der Waals surface area contributed by atoms with Crippen molar-refractivity contribution in [1.29, 1.82) is 0 Å². The fourth-order valence-corrected chi connectivity index (χ4v) is 5.57. The highest BCUT2D eigenvalue weighted by molar-refractivity contribution is 8.00. The minimum absolute atomic E-state index is 0.202. The molecule has 0 atom stereocenters. The molecule has 0 unspecified atom stereocenters. The van der Waals surface area contributed by atoms with E-state index < -0.39 is 0 Å². The summed E-state index contributed by atoms with van der Waals surface area (Å²) >= 11 is 3.29. The van der Waals surface area contributed by atoms with Crippen LogP contribution in [0.4, 0.5) is 5.13 Å². The van der Waals surface area contributed by atoms with E-state index in [-0.39, 0.29) is 5.91 Å². The van der Waals surface area contributed by atoms with Gasteiger partial charge in [0.2, 0.25) is 5.91 Å². The molecule has 3 heterocycles. The number of hydrogen-bond acceptors (Lipinski definition) is 6. The van der Waals surface area contributed by atoms with Crippen LogP contribution in [0.2, 0.25) is 0 Å². The van der Waals surface area contributed by atoms with Gasteiger partial charge in [0.05, 0.1) is 21.8 Å². The molecule has 2 aromatic heterocycles. The molecule has 5 rings (SSSR count). The van der Waals surface area contributed by atoms with Crippen LogP contribution in [-0.4, -0.2) is 57.5 Å². The monoisotopic (exact) mass is 449 g/mol. The first-order valence-corrected chi connectivity index (χ1v) is 12.1. The molecular weight excluding hydrogens is 426 g/mol. The van der Waals surface area contributed by atoms with Crippen molar-refractivity contribution in [3.05, 3.63) is 66.4 Å². The first-order chi connectivity index (χ1) is 15.2.